The summed E-state index contributed by atoms with van der Waals surface area (Å²) in [5, 5.41) is 11.9. The van der Waals surface area contributed by atoms with Crippen LogP contribution >= 0.6 is 11.3 Å². The second-order valence-corrected chi connectivity index (χ2v) is 4.92. The Morgan fingerprint density at radius 3 is 3.00 bits per heavy atom. The number of rotatable bonds is 5. The molecule has 1 aromatic heterocycles. The van der Waals surface area contributed by atoms with E-state index in [1.54, 1.807) is 16.8 Å². The van der Waals surface area contributed by atoms with E-state index in [0.717, 1.165) is 24.3 Å². The Bertz CT molecular complexity index is 269. The van der Waals surface area contributed by atoms with Crippen LogP contribution in [0.5, 0.6) is 0 Å². The summed E-state index contributed by atoms with van der Waals surface area (Å²) in [6.07, 6.45) is 5.54. The molecule has 4 nitrogen and oxygen atoms in total. The van der Waals surface area contributed by atoms with Gasteiger partial charge in [-0.05, 0) is 19.9 Å². The molecule has 84 valence electrons. The highest BCUT2D eigenvalue weighted by atomic mass is 32.1. The summed E-state index contributed by atoms with van der Waals surface area (Å²) in [4.78, 5) is 2.46. The molecule has 5 heteroatoms. The number of hydrogen-bond acceptors (Lipinski definition) is 5. The first-order valence-electron chi connectivity index (χ1n) is 5.56. The zero-order chi connectivity index (χ0) is 10.5. The number of nitrogens with one attached hydrogen (secondary N) is 1. The predicted octanol–water partition coefficient (Wildman–Crippen LogP) is 1.82. The molecule has 0 atom stereocenters. The van der Waals surface area contributed by atoms with Crippen molar-refractivity contribution in [2.24, 2.45) is 0 Å². The van der Waals surface area contributed by atoms with E-state index in [-0.39, 0.29) is 0 Å². The van der Waals surface area contributed by atoms with Crippen molar-refractivity contribution in [3.8, 4) is 0 Å². The molecule has 0 spiro atoms. The van der Waals surface area contributed by atoms with Crippen molar-refractivity contribution in [2.45, 2.75) is 31.7 Å². The molecule has 0 aromatic carbocycles. The highest BCUT2D eigenvalue weighted by Crippen LogP contribution is 2.21. The van der Waals surface area contributed by atoms with Crippen molar-refractivity contribution in [3.63, 3.8) is 0 Å². The fourth-order valence-corrected chi connectivity index (χ4v) is 2.59. The van der Waals surface area contributed by atoms with Gasteiger partial charge in [0.1, 0.15) is 5.51 Å². The van der Waals surface area contributed by atoms with Crippen LogP contribution in [-0.4, -0.2) is 41.3 Å². The molecule has 1 aromatic rings. The second-order valence-electron chi connectivity index (χ2n) is 4.09. The molecule has 15 heavy (non-hydrogen) atoms. The monoisotopic (exact) mass is 226 g/mol. The molecule has 1 aliphatic carbocycles. The summed E-state index contributed by atoms with van der Waals surface area (Å²) in [5.74, 6) is 0. The van der Waals surface area contributed by atoms with Gasteiger partial charge < -0.3 is 10.2 Å². The Hall–Kier alpha value is -0.680. The fourth-order valence-electron chi connectivity index (χ4n) is 2.12. The minimum Gasteiger partial charge on any atom is -0.359 e. The lowest BCUT2D eigenvalue weighted by Gasteiger charge is -2.23. The van der Waals surface area contributed by atoms with Crippen molar-refractivity contribution >= 4 is 16.5 Å². The molecule has 1 N–H and O–H groups in total. The van der Waals surface area contributed by atoms with E-state index < -0.39 is 0 Å². The average Bonchev–Trinajstić information content (AvgIpc) is 2.90. The number of anilines is 1. The van der Waals surface area contributed by atoms with Crippen LogP contribution in [0.15, 0.2) is 5.51 Å². The Balaban J connectivity index is 1.64. The van der Waals surface area contributed by atoms with Gasteiger partial charge in [-0.25, -0.2) is 0 Å². The van der Waals surface area contributed by atoms with Gasteiger partial charge in [0.15, 0.2) is 0 Å². The topological polar surface area (TPSA) is 41.0 Å². The number of aromatic nitrogens is 2. The van der Waals surface area contributed by atoms with E-state index in [2.05, 4.69) is 27.5 Å². The molecular formula is C10H18N4S. The molecule has 1 heterocycles. The Labute approximate surface area is 94.7 Å². The van der Waals surface area contributed by atoms with Crippen LogP contribution < -0.4 is 5.32 Å². The van der Waals surface area contributed by atoms with Crippen molar-refractivity contribution in [1.82, 2.24) is 15.1 Å². The maximum absolute atomic E-state index is 3.95. The van der Waals surface area contributed by atoms with E-state index in [1.165, 1.54) is 25.7 Å². The second kappa shape index (κ2) is 5.42. The summed E-state index contributed by atoms with van der Waals surface area (Å²) in [6.45, 7) is 2.05. The average molecular weight is 226 g/mol. The first kappa shape index (κ1) is 10.8. The zero-order valence-corrected chi connectivity index (χ0v) is 9.96. The van der Waals surface area contributed by atoms with Crippen LogP contribution in [0, 0.1) is 0 Å². The van der Waals surface area contributed by atoms with Gasteiger partial charge in [-0.2, -0.15) is 0 Å². The van der Waals surface area contributed by atoms with Crippen molar-refractivity contribution < 1.29 is 0 Å². The molecular weight excluding hydrogens is 208 g/mol. The maximum Gasteiger partial charge on any atom is 0.205 e. The summed E-state index contributed by atoms with van der Waals surface area (Å²) < 4.78 is 0. The Kier molecular flexibility index (Phi) is 3.91. The van der Waals surface area contributed by atoms with E-state index in [1.807, 2.05) is 0 Å². The van der Waals surface area contributed by atoms with Gasteiger partial charge in [0.2, 0.25) is 5.13 Å². The van der Waals surface area contributed by atoms with Crippen LogP contribution in [0.1, 0.15) is 25.7 Å². The number of likely N-dealkylation sites (N-methyl/N-ethyl adjacent to an activating group) is 1. The first-order valence-corrected chi connectivity index (χ1v) is 6.44. The minimum absolute atomic E-state index is 0.807. The Morgan fingerprint density at radius 2 is 2.33 bits per heavy atom. The SMILES string of the molecule is CN(CCNc1nncs1)C1CCCC1. The van der Waals surface area contributed by atoms with Crippen LogP contribution in [0.25, 0.3) is 0 Å². The molecule has 0 saturated heterocycles. The zero-order valence-electron chi connectivity index (χ0n) is 9.15. The van der Waals surface area contributed by atoms with Gasteiger partial charge in [-0.15, -0.1) is 10.2 Å². The van der Waals surface area contributed by atoms with Gasteiger partial charge in [0, 0.05) is 19.1 Å². The van der Waals surface area contributed by atoms with E-state index in [0.29, 0.717) is 0 Å². The third-order valence-electron chi connectivity index (χ3n) is 3.05. The van der Waals surface area contributed by atoms with E-state index in [4.69, 9.17) is 0 Å². The van der Waals surface area contributed by atoms with Gasteiger partial charge in [-0.1, -0.05) is 24.2 Å². The normalized spacial score (nSPS) is 17.5. The number of hydrogen-bond donors (Lipinski definition) is 1. The smallest absolute Gasteiger partial charge is 0.205 e. The van der Waals surface area contributed by atoms with Gasteiger partial charge in [0.25, 0.3) is 0 Å². The highest BCUT2D eigenvalue weighted by molar-refractivity contribution is 7.13. The van der Waals surface area contributed by atoms with E-state index in [9.17, 15) is 0 Å². The van der Waals surface area contributed by atoms with Crippen LogP contribution in [0.4, 0.5) is 5.13 Å². The van der Waals surface area contributed by atoms with Gasteiger partial charge in [-0.3, -0.25) is 0 Å². The predicted molar refractivity (Wildman–Crippen MR) is 63.3 cm³/mol. The quantitative estimate of drug-likeness (QED) is 0.831. The van der Waals surface area contributed by atoms with Gasteiger partial charge in [0.05, 0.1) is 0 Å². The summed E-state index contributed by atoms with van der Waals surface area (Å²) in [5.41, 5.74) is 1.75. The molecule has 1 fully saturated rings. The fraction of sp³-hybridized carbons (Fsp3) is 0.800. The molecule has 1 saturated carbocycles. The summed E-state index contributed by atoms with van der Waals surface area (Å²) in [7, 11) is 2.22. The summed E-state index contributed by atoms with van der Waals surface area (Å²) >= 11 is 1.55. The molecule has 0 unspecified atom stereocenters. The Morgan fingerprint density at radius 1 is 1.53 bits per heavy atom. The summed E-state index contributed by atoms with van der Waals surface area (Å²) in [6, 6.07) is 0.807. The minimum atomic E-state index is 0.807. The largest absolute Gasteiger partial charge is 0.359 e. The van der Waals surface area contributed by atoms with Crippen molar-refractivity contribution in [2.75, 3.05) is 25.5 Å². The molecule has 0 amide bonds. The van der Waals surface area contributed by atoms with Gasteiger partial charge >= 0.3 is 0 Å². The molecule has 2 rings (SSSR count). The van der Waals surface area contributed by atoms with Crippen LogP contribution in [0.3, 0.4) is 0 Å². The molecule has 0 aliphatic heterocycles. The third kappa shape index (κ3) is 3.14. The van der Waals surface area contributed by atoms with E-state index >= 15 is 0 Å². The molecule has 1 aliphatic rings. The lowest BCUT2D eigenvalue weighted by atomic mass is 10.2. The number of nitrogens with zero attached hydrogens (tertiary/aromatic N) is 3. The maximum atomic E-state index is 3.95. The van der Waals surface area contributed by atoms with Crippen LogP contribution in [-0.2, 0) is 0 Å². The lowest BCUT2D eigenvalue weighted by molar-refractivity contribution is 0.254. The molecule has 0 bridgehead atoms. The van der Waals surface area contributed by atoms with Crippen molar-refractivity contribution in [1.29, 1.82) is 0 Å². The molecule has 0 radical (unpaired) electrons. The lowest BCUT2D eigenvalue weighted by Crippen LogP contribution is -2.33. The van der Waals surface area contributed by atoms with Crippen LogP contribution in [0.2, 0.25) is 0 Å². The van der Waals surface area contributed by atoms with Crippen molar-refractivity contribution in [3.05, 3.63) is 5.51 Å². The third-order valence-corrected chi connectivity index (χ3v) is 3.70. The highest BCUT2D eigenvalue weighted by Gasteiger charge is 2.18. The standard InChI is InChI=1S/C10H18N4S/c1-14(9-4-2-3-5-9)7-6-11-10-13-12-8-15-10/h8-9H,2-7H2,1H3,(H,11,13). The first-order chi connectivity index (χ1) is 7.36.